The molecule has 1 amide bonds. The Labute approximate surface area is 173 Å². The zero-order valence-corrected chi connectivity index (χ0v) is 16.3. The zero-order chi connectivity index (χ0) is 20.1. The molecule has 29 heavy (non-hydrogen) atoms. The van der Waals surface area contributed by atoms with Crippen LogP contribution in [-0.2, 0) is 11.3 Å². The van der Waals surface area contributed by atoms with Crippen LogP contribution in [0.15, 0.2) is 73.1 Å². The summed E-state index contributed by atoms with van der Waals surface area (Å²) in [5.74, 6) is 1.26. The van der Waals surface area contributed by atoms with Crippen LogP contribution in [0.1, 0.15) is 0 Å². The van der Waals surface area contributed by atoms with Crippen LogP contribution in [0, 0.1) is 0 Å². The molecule has 4 rings (SSSR count). The minimum Gasteiger partial charge on any atom is -0.484 e. The number of para-hydroxylation sites is 2. The minimum absolute atomic E-state index is 0.0521. The van der Waals surface area contributed by atoms with Gasteiger partial charge in [-0.25, -0.2) is 4.98 Å². The van der Waals surface area contributed by atoms with Gasteiger partial charge < -0.3 is 14.6 Å². The molecule has 4 aromatic rings. The third kappa shape index (κ3) is 4.55. The van der Waals surface area contributed by atoms with Crippen molar-refractivity contribution in [2.45, 2.75) is 6.54 Å². The van der Waals surface area contributed by atoms with Crippen molar-refractivity contribution in [1.82, 2.24) is 19.9 Å². The summed E-state index contributed by atoms with van der Waals surface area (Å²) in [7, 11) is 0. The Morgan fingerprint density at radius 2 is 1.79 bits per heavy atom. The lowest BCUT2D eigenvalue weighted by Gasteiger charge is -2.11. The molecule has 7 heteroatoms. The maximum atomic E-state index is 12.1. The monoisotopic (exact) mass is 406 g/mol. The highest BCUT2D eigenvalue weighted by Gasteiger charge is 2.12. The SMILES string of the molecule is O=C(COc1ccc(Cl)cc1)NCCn1c(-c2ccncc2)nc2ccccc21. The number of rotatable bonds is 7. The van der Waals surface area contributed by atoms with Crippen molar-refractivity contribution in [2.75, 3.05) is 13.2 Å². The number of hydrogen-bond donors (Lipinski definition) is 1. The van der Waals surface area contributed by atoms with Crippen LogP contribution in [0.5, 0.6) is 5.75 Å². The van der Waals surface area contributed by atoms with Crippen LogP contribution < -0.4 is 10.1 Å². The van der Waals surface area contributed by atoms with Gasteiger partial charge in [0, 0.05) is 36.1 Å². The summed E-state index contributed by atoms with van der Waals surface area (Å²) < 4.78 is 7.58. The lowest BCUT2D eigenvalue weighted by Crippen LogP contribution is -2.31. The van der Waals surface area contributed by atoms with Crippen molar-refractivity contribution in [1.29, 1.82) is 0 Å². The van der Waals surface area contributed by atoms with E-state index in [0.29, 0.717) is 23.9 Å². The van der Waals surface area contributed by atoms with Gasteiger partial charge >= 0.3 is 0 Å². The van der Waals surface area contributed by atoms with Gasteiger partial charge in [0.2, 0.25) is 0 Å². The number of halogens is 1. The van der Waals surface area contributed by atoms with E-state index in [2.05, 4.69) is 14.9 Å². The van der Waals surface area contributed by atoms with Crippen LogP contribution in [-0.4, -0.2) is 33.6 Å². The van der Waals surface area contributed by atoms with Gasteiger partial charge in [-0.1, -0.05) is 23.7 Å². The smallest absolute Gasteiger partial charge is 0.258 e. The van der Waals surface area contributed by atoms with E-state index >= 15 is 0 Å². The quantitative estimate of drug-likeness (QED) is 0.504. The van der Waals surface area contributed by atoms with Crippen LogP contribution >= 0.6 is 11.6 Å². The first kappa shape index (κ1) is 19.0. The lowest BCUT2D eigenvalue weighted by atomic mass is 10.2. The number of carbonyl (C=O) groups is 1. The molecule has 0 radical (unpaired) electrons. The molecule has 0 saturated carbocycles. The summed E-state index contributed by atoms with van der Waals surface area (Å²) in [6, 6.07) is 18.7. The number of fused-ring (bicyclic) bond motifs is 1. The maximum Gasteiger partial charge on any atom is 0.258 e. The Morgan fingerprint density at radius 3 is 2.59 bits per heavy atom. The number of imidazole rings is 1. The average molecular weight is 407 g/mol. The highest BCUT2D eigenvalue weighted by atomic mass is 35.5. The van der Waals surface area contributed by atoms with Gasteiger partial charge in [-0.3, -0.25) is 9.78 Å². The van der Waals surface area contributed by atoms with Crippen LogP contribution in [0.3, 0.4) is 0 Å². The van der Waals surface area contributed by atoms with Gasteiger partial charge in [0.15, 0.2) is 6.61 Å². The number of nitrogens with one attached hydrogen (secondary N) is 1. The summed E-state index contributed by atoms with van der Waals surface area (Å²) in [6.45, 7) is 0.996. The topological polar surface area (TPSA) is 69.0 Å². The molecule has 0 aliphatic rings. The number of aromatic nitrogens is 3. The second kappa shape index (κ2) is 8.75. The molecule has 0 bridgehead atoms. The van der Waals surface area contributed by atoms with Gasteiger partial charge in [0.25, 0.3) is 5.91 Å². The molecule has 0 fully saturated rings. The number of amides is 1. The molecular weight excluding hydrogens is 388 g/mol. The molecule has 146 valence electrons. The second-order valence-corrected chi connectivity index (χ2v) is 6.84. The van der Waals surface area contributed by atoms with Crippen LogP contribution in [0.2, 0.25) is 5.02 Å². The van der Waals surface area contributed by atoms with Crippen molar-refractivity contribution in [3.8, 4) is 17.1 Å². The van der Waals surface area contributed by atoms with Crippen LogP contribution in [0.25, 0.3) is 22.4 Å². The second-order valence-electron chi connectivity index (χ2n) is 6.40. The van der Waals surface area contributed by atoms with Crippen LogP contribution in [0.4, 0.5) is 0 Å². The number of benzene rings is 2. The molecule has 0 spiro atoms. The first-order valence-electron chi connectivity index (χ1n) is 9.21. The molecule has 2 aromatic carbocycles. The van der Waals surface area contributed by atoms with Crippen molar-refractivity contribution in [3.63, 3.8) is 0 Å². The molecule has 0 atom stereocenters. The van der Waals surface area contributed by atoms with Crippen molar-refractivity contribution >= 4 is 28.5 Å². The first-order valence-corrected chi connectivity index (χ1v) is 9.59. The van der Waals surface area contributed by atoms with Gasteiger partial charge in [0.05, 0.1) is 11.0 Å². The van der Waals surface area contributed by atoms with Gasteiger partial charge in [-0.2, -0.15) is 0 Å². The van der Waals surface area contributed by atoms with Crippen molar-refractivity contribution in [2.24, 2.45) is 0 Å². The molecule has 0 aliphatic carbocycles. The Balaban J connectivity index is 1.41. The van der Waals surface area contributed by atoms with E-state index < -0.39 is 0 Å². The molecule has 6 nitrogen and oxygen atoms in total. The third-order valence-corrected chi connectivity index (χ3v) is 4.69. The molecule has 0 aliphatic heterocycles. The Kier molecular flexibility index (Phi) is 5.72. The Morgan fingerprint density at radius 1 is 1.03 bits per heavy atom. The summed E-state index contributed by atoms with van der Waals surface area (Å²) in [5, 5.41) is 3.52. The number of hydrogen-bond acceptors (Lipinski definition) is 4. The summed E-state index contributed by atoms with van der Waals surface area (Å²) >= 11 is 5.84. The fourth-order valence-electron chi connectivity index (χ4n) is 3.06. The highest BCUT2D eigenvalue weighted by Crippen LogP contribution is 2.24. The third-order valence-electron chi connectivity index (χ3n) is 4.43. The van der Waals surface area contributed by atoms with Gasteiger partial charge in [0.1, 0.15) is 11.6 Å². The fraction of sp³-hybridized carbons (Fsp3) is 0.136. The van der Waals surface area contributed by atoms with E-state index in [1.165, 1.54) is 0 Å². The molecule has 2 heterocycles. The predicted octanol–water partition coefficient (Wildman–Crippen LogP) is 3.95. The van der Waals surface area contributed by atoms with E-state index in [0.717, 1.165) is 22.4 Å². The van der Waals surface area contributed by atoms with Gasteiger partial charge in [-0.15, -0.1) is 0 Å². The first-order chi connectivity index (χ1) is 14.2. The zero-order valence-electron chi connectivity index (χ0n) is 15.6. The van der Waals surface area contributed by atoms with Gasteiger partial charge in [-0.05, 0) is 48.5 Å². The lowest BCUT2D eigenvalue weighted by molar-refractivity contribution is -0.123. The van der Waals surface area contributed by atoms with E-state index in [9.17, 15) is 4.79 Å². The number of nitrogens with zero attached hydrogens (tertiary/aromatic N) is 3. The molecule has 1 N–H and O–H groups in total. The van der Waals surface area contributed by atoms with E-state index in [1.54, 1.807) is 36.7 Å². The van der Waals surface area contributed by atoms with E-state index in [-0.39, 0.29) is 12.5 Å². The molecule has 0 saturated heterocycles. The molecule has 0 unspecified atom stereocenters. The number of carbonyl (C=O) groups excluding carboxylic acids is 1. The number of pyridine rings is 1. The van der Waals surface area contributed by atoms with E-state index in [1.807, 2.05) is 36.4 Å². The maximum absolute atomic E-state index is 12.1. The minimum atomic E-state index is -0.185. The summed E-state index contributed by atoms with van der Waals surface area (Å²) in [5.41, 5.74) is 2.91. The Hall–Kier alpha value is -3.38. The standard InChI is InChI=1S/C22H19ClN4O2/c23-17-5-7-18(8-6-17)29-15-21(28)25-13-14-27-20-4-2-1-3-19(20)26-22(27)16-9-11-24-12-10-16/h1-12H,13-15H2,(H,25,28). The van der Waals surface area contributed by atoms with E-state index in [4.69, 9.17) is 21.3 Å². The molecule has 2 aromatic heterocycles. The normalized spacial score (nSPS) is 10.8. The van der Waals surface area contributed by atoms with Crippen molar-refractivity contribution in [3.05, 3.63) is 78.1 Å². The summed E-state index contributed by atoms with van der Waals surface area (Å²) in [4.78, 5) is 21.0. The van der Waals surface area contributed by atoms with Crippen molar-refractivity contribution < 1.29 is 9.53 Å². The average Bonchev–Trinajstić information content (AvgIpc) is 3.13. The predicted molar refractivity (Wildman–Crippen MR) is 113 cm³/mol. The fourth-order valence-corrected chi connectivity index (χ4v) is 3.19. The highest BCUT2D eigenvalue weighted by molar-refractivity contribution is 6.30. The molecular formula is C22H19ClN4O2. The largest absolute Gasteiger partial charge is 0.484 e. The summed E-state index contributed by atoms with van der Waals surface area (Å²) in [6.07, 6.45) is 3.49. The Bertz CT molecular complexity index is 1110. The number of ether oxygens (including phenoxy) is 1.